The molecule has 1 N–H and O–H groups in total. The lowest BCUT2D eigenvalue weighted by Crippen LogP contribution is -2.40. The summed E-state index contributed by atoms with van der Waals surface area (Å²) in [5.41, 5.74) is 0.445. The summed E-state index contributed by atoms with van der Waals surface area (Å²) in [6.45, 7) is 5.34. The Kier molecular flexibility index (Phi) is 7.67. The van der Waals surface area contributed by atoms with Crippen molar-refractivity contribution in [2.24, 2.45) is 0 Å². The number of sulfonamides is 2. The van der Waals surface area contributed by atoms with Crippen molar-refractivity contribution in [3.05, 3.63) is 54.1 Å². The van der Waals surface area contributed by atoms with Gasteiger partial charge >= 0.3 is 0 Å². The normalized spacial score (nSPS) is 15.6. The lowest BCUT2D eigenvalue weighted by atomic mass is 10.2. The highest BCUT2D eigenvalue weighted by atomic mass is 32.2. The van der Waals surface area contributed by atoms with Crippen molar-refractivity contribution >= 4 is 31.6 Å². The number of hydrogen-bond acceptors (Lipinski definition) is 6. The van der Waals surface area contributed by atoms with Crippen LogP contribution in [0.3, 0.4) is 0 Å². The Labute approximate surface area is 189 Å². The van der Waals surface area contributed by atoms with Gasteiger partial charge in [-0.25, -0.2) is 16.8 Å². The van der Waals surface area contributed by atoms with Crippen molar-refractivity contribution in [3.63, 3.8) is 0 Å². The largest absolute Gasteiger partial charge is 0.379 e. The first-order valence-electron chi connectivity index (χ1n) is 10.3. The first-order valence-corrected chi connectivity index (χ1v) is 13.2. The van der Waals surface area contributed by atoms with E-state index in [4.69, 9.17) is 4.74 Å². The number of carbonyl (C=O) groups is 1. The van der Waals surface area contributed by atoms with Gasteiger partial charge in [0.15, 0.2) is 0 Å². The molecule has 1 aliphatic heterocycles. The second-order valence-corrected chi connectivity index (χ2v) is 11.0. The first kappa shape index (κ1) is 24.3. The zero-order valence-corrected chi connectivity index (χ0v) is 19.7. The van der Waals surface area contributed by atoms with Gasteiger partial charge in [-0.15, -0.1) is 0 Å². The average molecular weight is 482 g/mol. The molecule has 2 aromatic rings. The van der Waals surface area contributed by atoms with Crippen LogP contribution in [0.5, 0.6) is 0 Å². The number of benzene rings is 2. The van der Waals surface area contributed by atoms with Crippen LogP contribution in [-0.4, -0.2) is 70.7 Å². The maximum Gasteiger partial charge on any atom is 0.255 e. The van der Waals surface area contributed by atoms with Crippen molar-refractivity contribution in [2.45, 2.75) is 23.6 Å². The molecule has 174 valence electrons. The Morgan fingerprint density at radius 2 is 1.59 bits per heavy atom. The Morgan fingerprint density at radius 3 is 2.25 bits per heavy atom. The van der Waals surface area contributed by atoms with Crippen LogP contribution in [0.2, 0.25) is 0 Å². The van der Waals surface area contributed by atoms with E-state index >= 15 is 0 Å². The van der Waals surface area contributed by atoms with Crippen molar-refractivity contribution in [1.82, 2.24) is 8.61 Å². The molecule has 0 aliphatic carbocycles. The molecule has 0 aromatic heterocycles. The molecule has 0 bridgehead atoms. The van der Waals surface area contributed by atoms with E-state index in [0.717, 1.165) is 0 Å². The molecular formula is C21H27N3O6S2. The molecule has 1 heterocycles. The molecule has 0 saturated carbocycles. The zero-order chi connectivity index (χ0) is 23.4. The molecular weight excluding hydrogens is 454 g/mol. The van der Waals surface area contributed by atoms with Gasteiger partial charge in [0, 0.05) is 37.4 Å². The fraction of sp³-hybridized carbons (Fsp3) is 0.381. The van der Waals surface area contributed by atoms with Gasteiger partial charge in [0.1, 0.15) is 0 Å². The van der Waals surface area contributed by atoms with Gasteiger partial charge in [-0.3, -0.25) is 4.79 Å². The highest BCUT2D eigenvalue weighted by Crippen LogP contribution is 2.22. The molecule has 0 spiro atoms. The van der Waals surface area contributed by atoms with Crippen LogP contribution >= 0.6 is 0 Å². The van der Waals surface area contributed by atoms with E-state index in [0.29, 0.717) is 32.0 Å². The van der Waals surface area contributed by atoms with Crippen LogP contribution < -0.4 is 5.32 Å². The van der Waals surface area contributed by atoms with Crippen LogP contribution in [-0.2, 0) is 24.8 Å². The number of amides is 1. The summed E-state index contributed by atoms with van der Waals surface area (Å²) in [6, 6.07) is 11.8. The van der Waals surface area contributed by atoms with Crippen molar-refractivity contribution in [1.29, 1.82) is 0 Å². The van der Waals surface area contributed by atoms with E-state index in [1.165, 1.54) is 45.0 Å². The summed E-state index contributed by atoms with van der Waals surface area (Å²) in [5, 5.41) is 2.65. The second-order valence-electron chi connectivity index (χ2n) is 7.12. The smallest absolute Gasteiger partial charge is 0.255 e. The van der Waals surface area contributed by atoms with Crippen LogP contribution in [0.15, 0.2) is 58.3 Å². The summed E-state index contributed by atoms with van der Waals surface area (Å²) in [4.78, 5) is 12.9. The highest BCUT2D eigenvalue weighted by Gasteiger charge is 2.27. The Hall–Kier alpha value is -2.31. The number of nitrogens with zero attached hydrogens (tertiary/aromatic N) is 2. The summed E-state index contributed by atoms with van der Waals surface area (Å²) in [7, 11) is -7.42. The fourth-order valence-electron chi connectivity index (χ4n) is 3.38. The van der Waals surface area contributed by atoms with Gasteiger partial charge in [0.25, 0.3) is 5.91 Å². The summed E-state index contributed by atoms with van der Waals surface area (Å²) in [6.07, 6.45) is 0. The average Bonchev–Trinajstić information content (AvgIpc) is 2.80. The molecule has 1 amide bonds. The highest BCUT2D eigenvalue weighted by molar-refractivity contribution is 7.89. The SMILES string of the molecule is CCN(CC)S(=O)(=O)c1cccc(C(=O)Nc2cccc(S(=O)(=O)N3CCOCC3)c2)c1. The third-order valence-corrected chi connectivity index (χ3v) is 9.08. The molecule has 32 heavy (non-hydrogen) atoms. The van der Waals surface area contributed by atoms with Gasteiger partial charge in [0.2, 0.25) is 20.0 Å². The molecule has 1 aliphatic rings. The van der Waals surface area contributed by atoms with Crippen LogP contribution in [0.4, 0.5) is 5.69 Å². The van der Waals surface area contributed by atoms with Crippen LogP contribution in [0.1, 0.15) is 24.2 Å². The molecule has 0 radical (unpaired) electrons. The quantitative estimate of drug-likeness (QED) is 0.617. The zero-order valence-electron chi connectivity index (χ0n) is 18.0. The van der Waals surface area contributed by atoms with Crippen LogP contribution in [0.25, 0.3) is 0 Å². The summed E-state index contributed by atoms with van der Waals surface area (Å²) in [5.74, 6) is -0.539. The molecule has 0 atom stereocenters. The number of anilines is 1. The van der Waals surface area contributed by atoms with Crippen molar-refractivity contribution in [3.8, 4) is 0 Å². The van der Waals surface area contributed by atoms with Gasteiger partial charge in [-0.05, 0) is 36.4 Å². The fourth-order valence-corrected chi connectivity index (χ4v) is 6.34. The molecule has 2 aromatic carbocycles. The molecule has 9 nitrogen and oxygen atoms in total. The number of nitrogens with one attached hydrogen (secondary N) is 1. The lowest BCUT2D eigenvalue weighted by molar-refractivity contribution is 0.0730. The van der Waals surface area contributed by atoms with Gasteiger partial charge < -0.3 is 10.1 Å². The topological polar surface area (TPSA) is 113 Å². The van der Waals surface area contributed by atoms with Crippen molar-refractivity contribution < 1.29 is 26.4 Å². The number of carbonyl (C=O) groups excluding carboxylic acids is 1. The molecule has 0 unspecified atom stereocenters. The van der Waals surface area contributed by atoms with Gasteiger partial charge in [-0.1, -0.05) is 26.0 Å². The number of hydrogen-bond donors (Lipinski definition) is 1. The van der Waals surface area contributed by atoms with Gasteiger partial charge in [-0.2, -0.15) is 8.61 Å². The monoisotopic (exact) mass is 481 g/mol. The minimum Gasteiger partial charge on any atom is -0.379 e. The maximum absolute atomic E-state index is 12.9. The molecule has 1 saturated heterocycles. The standard InChI is InChI=1S/C21H27N3O6S2/c1-3-23(4-2)31(26,27)19-9-5-7-17(15-19)21(25)22-18-8-6-10-20(16-18)32(28,29)24-11-13-30-14-12-24/h5-10,15-16H,3-4,11-14H2,1-2H3,(H,22,25). The maximum atomic E-state index is 12.9. The number of ether oxygens (including phenoxy) is 1. The summed E-state index contributed by atoms with van der Waals surface area (Å²) < 4.78 is 59.1. The number of rotatable bonds is 8. The third kappa shape index (κ3) is 5.18. The van der Waals surface area contributed by atoms with E-state index in [1.807, 2.05) is 0 Å². The molecule has 1 fully saturated rings. The Bertz CT molecular complexity index is 1170. The van der Waals surface area contributed by atoms with Crippen LogP contribution in [0, 0.1) is 0 Å². The second kappa shape index (κ2) is 10.1. The Morgan fingerprint density at radius 1 is 0.969 bits per heavy atom. The molecule has 3 rings (SSSR count). The van der Waals surface area contributed by atoms with E-state index in [-0.39, 0.29) is 28.4 Å². The predicted octanol–water partition coefficient (Wildman–Crippen LogP) is 1.99. The first-order chi connectivity index (χ1) is 15.2. The van der Waals surface area contributed by atoms with E-state index in [9.17, 15) is 21.6 Å². The number of morpholine rings is 1. The lowest BCUT2D eigenvalue weighted by Gasteiger charge is -2.26. The van der Waals surface area contributed by atoms with Crippen molar-refractivity contribution in [2.75, 3.05) is 44.7 Å². The minimum absolute atomic E-state index is 0.0255. The predicted molar refractivity (Wildman–Crippen MR) is 121 cm³/mol. The van der Waals surface area contributed by atoms with E-state index < -0.39 is 26.0 Å². The third-order valence-electron chi connectivity index (χ3n) is 5.14. The minimum atomic E-state index is -3.71. The van der Waals surface area contributed by atoms with E-state index in [2.05, 4.69) is 5.32 Å². The van der Waals surface area contributed by atoms with Gasteiger partial charge in [0.05, 0.1) is 23.0 Å². The van der Waals surface area contributed by atoms with E-state index in [1.54, 1.807) is 26.0 Å². The summed E-state index contributed by atoms with van der Waals surface area (Å²) >= 11 is 0. The molecule has 11 heteroatoms. The Balaban J connectivity index is 1.82.